The molecule has 3 atom stereocenters. The summed E-state index contributed by atoms with van der Waals surface area (Å²) in [6.45, 7) is 8.61. The summed E-state index contributed by atoms with van der Waals surface area (Å²) in [5.41, 5.74) is 10.9. The Morgan fingerprint density at radius 2 is 1.56 bits per heavy atom. The second-order valence-electron chi connectivity index (χ2n) is 17.1. The molecule has 1 fully saturated rings. The van der Waals surface area contributed by atoms with Crippen LogP contribution in [-0.4, -0.2) is 93.0 Å². The second-order valence-corrected chi connectivity index (χ2v) is 17.1. The van der Waals surface area contributed by atoms with Gasteiger partial charge in [-0.05, 0) is 76.6 Å². The van der Waals surface area contributed by atoms with Crippen molar-refractivity contribution < 1.29 is 24.4 Å². The summed E-state index contributed by atoms with van der Waals surface area (Å²) < 4.78 is 1.78. The number of fused-ring (bicyclic) bond motifs is 6. The topological polar surface area (TPSA) is 219 Å². The molecule has 1 saturated heterocycles. The smallest absolute Gasteiger partial charge is 0.243 e. The summed E-state index contributed by atoms with van der Waals surface area (Å²) in [5.74, 6) is -1.84. The van der Waals surface area contributed by atoms with Gasteiger partial charge in [0.1, 0.15) is 17.8 Å². The largest absolute Gasteiger partial charge is 0.370 e. The average molecular weight is 778 g/mol. The van der Waals surface area contributed by atoms with Crippen LogP contribution in [0.5, 0.6) is 0 Å². The predicted molar refractivity (Wildman–Crippen MR) is 211 cm³/mol. The Morgan fingerprint density at radius 1 is 0.930 bits per heavy atom. The molecule has 6 heterocycles. The minimum Gasteiger partial charge on any atom is -0.370 e. The van der Waals surface area contributed by atoms with E-state index in [9.17, 15) is 24.4 Å². The lowest BCUT2D eigenvalue weighted by Crippen LogP contribution is -2.60. The molecule has 16 heteroatoms. The maximum Gasteiger partial charge on any atom is 0.243 e. The average Bonchev–Trinajstić information content (AvgIpc) is 3.91. The SMILES string of the molecule is CC1(C)CC(n2cc(CNC(=O)[C@@H](CCC(N)=O)NC(=O)[C@@H]3Cc4c([nH]c5ccccc45)CN3C(=O)[C@@H]3Cc4c([nH]c5ccccc45)CN3)nn2)CC(C)(C)N1O. The fraction of sp³-hybridized carbons (Fsp3) is 0.463. The van der Waals surface area contributed by atoms with Crippen LogP contribution in [-0.2, 0) is 51.7 Å². The predicted octanol–water partition coefficient (Wildman–Crippen LogP) is 2.86. The van der Waals surface area contributed by atoms with Crippen molar-refractivity contribution in [3.05, 3.63) is 82.9 Å². The number of carbonyl (C=O) groups is 4. The summed E-state index contributed by atoms with van der Waals surface area (Å²) in [7, 11) is 0. The molecule has 0 spiro atoms. The van der Waals surface area contributed by atoms with Crippen LogP contribution >= 0.6 is 0 Å². The summed E-state index contributed by atoms with van der Waals surface area (Å²) >= 11 is 0. The van der Waals surface area contributed by atoms with Gasteiger partial charge in [0.2, 0.25) is 23.6 Å². The molecule has 0 aliphatic carbocycles. The Bertz CT molecular complexity index is 2340. The van der Waals surface area contributed by atoms with Crippen molar-refractivity contribution >= 4 is 45.4 Å². The van der Waals surface area contributed by atoms with Crippen LogP contribution < -0.4 is 21.7 Å². The molecule has 16 nitrogen and oxygen atoms in total. The second kappa shape index (κ2) is 14.7. The van der Waals surface area contributed by atoms with Crippen LogP contribution in [0.25, 0.3) is 21.8 Å². The lowest BCUT2D eigenvalue weighted by atomic mass is 9.79. The van der Waals surface area contributed by atoms with Crippen LogP contribution in [0.4, 0.5) is 0 Å². The van der Waals surface area contributed by atoms with Crippen LogP contribution in [0.3, 0.4) is 0 Å². The number of piperidine rings is 1. The zero-order valence-electron chi connectivity index (χ0n) is 32.8. The summed E-state index contributed by atoms with van der Waals surface area (Å²) in [6, 6.07) is 13.2. The van der Waals surface area contributed by atoms with Crippen LogP contribution in [0, 0.1) is 0 Å². The molecular formula is C41H51N11O5. The van der Waals surface area contributed by atoms with E-state index in [4.69, 9.17) is 5.73 Å². The van der Waals surface area contributed by atoms with Crippen molar-refractivity contribution in [3.8, 4) is 0 Å². The van der Waals surface area contributed by atoms with E-state index < -0.39 is 46.9 Å². The van der Waals surface area contributed by atoms with E-state index in [1.165, 1.54) is 5.06 Å². The van der Waals surface area contributed by atoms with E-state index in [1.54, 1.807) is 15.8 Å². The van der Waals surface area contributed by atoms with Crippen molar-refractivity contribution in [3.63, 3.8) is 0 Å². The number of benzene rings is 2. The van der Waals surface area contributed by atoms with Crippen molar-refractivity contribution in [2.75, 3.05) is 0 Å². The first kappa shape index (κ1) is 38.3. The zero-order valence-corrected chi connectivity index (χ0v) is 32.8. The Morgan fingerprint density at radius 3 is 2.23 bits per heavy atom. The Labute approximate surface area is 329 Å². The van der Waals surface area contributed by atoms with Gasteiger partial charge in [0.15, 0.2) is 0 Å². The van der Waals surface area contributed by atoms with Crippen molar-refractivity contribution in [2.24, 2.45) is 5.73 Å². The quantitative estimate of drug-likeness (QED) is 0.111. The zero-order chi connectivity index (χ0) is 40.2. The van der Waals surface area contributed by atoms with E-state index >= 15 is 0 Å². The number of H-pyrrole nitrogens is 2. The number of amides is 4. The van der Waals surface area contributed by atoms with Gasteiger partial charge in [-0.15, -0.1) is 5.10 Å². The van der Waals surface area contributed by atoms with Crippen molar-refractivity contribution in [1.29, 1.82) is 0 Å². The molecule has 0 unspecified atom stereocenters. The highest BCUT2D eigenvalue weighted by Crippen LogP contribution is 2.42. The number of para-hydroxylation sites is 2. The van der Waals surface area contributed by atoms with Crippen molar-refractivity contribution in [2.45, 2.75) is 121 Å². The fourth-order valence-corrected chi connectivity index (χ4v) is 9.29. The molecule has 3 aliphatic heterocycles. The highest BCUT2D eigenvalue weighted by molar-refractivity contribution is 5.96. The maximum absolute atomic E-state index is 14.5. The maximum atomic E-state index is 14.5. The van der Waals surface area contributed by atoms with Gasteiger partial charge in [0, 0.05) is 63.7 Å². The van der Waals surface area contributed by atoms with E-state index in [0.717, 1.165) is 44.3 Å². The number of hydrogen-bond donors (Lipinski definition) is 7. The summed E-state index contributed by atoms with van der Waals surface area (Å²) in [4.78, 5) is 63.2. The minimum absolute atomic E-state index is 0.0232. The molecule has 8 N–H and O–H groups in total. The molecule has 2 aromatic carbocycles. The van der Waals surface area contributed by atoms with Gasteiger partial charge < -0.3 is 36.4 Å². The normalized spacial score (nSPS) is 21.2. The highest BCUT2D eigenvalue weighted by Gasteiger charge is 2.46. The molecule has 300 valence electrons. The number of aromatic nitrogens is 5. The number of carbonyl (C=O) groups excluding carboxylic acids is 4. The molecule has 5 aromatic rings. The number of hydroxylamine groups is 2. The molecular weight excluding hydrogens is 727 g/mol. The molecule has 4 amide bonds. The van der Waals surface area contributed by atoms with E-state index in [0.29, 0.717) is 31.5 Å². The first-order valence-electron chi connectivity index (χ1n) is 19.7. The molecule has 0 bridgehead atoms. The monoisotopic (exact) mass is 777 g/mol. The van der Waals surface area contributed by atoms with Gasteiger partial charge in [0.25, 0.3) is 0 Å². The summed E-state index contributed by atoms with van der Waals surface area (Å²) in [6.07, 6.45) is 3.59. The van der Waals surface area contributed by atoms with Gasteiger partial charge in [-0.3, -0.25) is 24.5 Å². The number of aromatic amines is 2. The Hall–Kier alpha value is -5.58. The van der Waals surface area contributed by atoms with Crippen LogP contribution in [0.1, 0.15) is 87.6 Å². The van der Waals surface area contributed by atoms with Gasteiger partial charge in [-0.1, -0.05) is 41.6 Å². The number of primary amides is 1. The molecule has 0 saturated carbocycles. The number of nitrogens with one attached hydrogen (secondary N) is 5. The third-order valence-electron chi connectivity index (χ3n) is 12.0. The first-order valence-corrected chi connectivity index (χ1v) is 19.7. The highest BCUT2D eigenvalue weighted by atomic mass is 16.5. The van der Waals surface area contributed by atoms with Gasteiger partial charge in [-0.2, -0.15) is 5.06 Å². The fourth-order valence-electron chi connectivity index (χ4n) is 9.29. The lowest BCUT2D eigenvalue weighted by molar-refractivity contribution is -0.249. The minimum atomic E-state index is -1.11. The van der Waals surface area contributed by atoms with Crippen LogP contribution in [0.15, 0.2) is 54.7 Å². The van der Waals surface area contributed by atoms with E-state index in [1.807, 2.05) is 76.2 Å². The number of nitrogens with zero attached hydrogens (tertiary/aromatic N) is 5. The van der Waals surface area contributed by atoms with E-state index in [-0.39, 0.29) is 44.3 Å². The third kappa shape index (κ3) is 7.40. The standard InChI is InChI=1S/C41H51N11O5/c1-40(2)17-24(18-41(3,4)52(40)57)51-21-23(48-49-51)19-44-37(54)31(13-14-36(42)53)47-38(55)35-16-28-26-10-6-8-12-30(26)46-34(28)22-50(35)39(56)32-15-27-25-9-5-7-11-29(25)45-33(27)20-43-32/h5-12,21,24,31-32,35,43,45-46,57H,13-20,22H2,1-4H3,(H2,42,53)(H,44,54)(H,47,55)/t31-,32+,35+/m1/s1. The number of rotatable bonds is 10. The number of nitrogens with two attached hydrogens (primary N) is 1. The van der Waals surface area contributed by atoms with Gasteiger partial charge in [-0.25, -0.2) is 4.68 Å². The Kier molecular flexibility index (Phi) is 9.90. The van der Waals surface area contributed by atoms with Crippen LogP contribution in [0.2, 0.25) is 0 Å². The Balaban J connectivity index is 1.00. The van der Waals surface area contributed by atoms with Gasteiger partial charge >= 0.3 is 0 Å². The number of hydrogen-bond acceptors (Lipinski definition) is 9. The molecule has 3 aromatic heterocycles. The van der Waals surface area contributed by atoms with Crippen molar-refractivity contribution in [1.82, 2.24) is 50.9 Å². The van der Waals surface area contributed by atoms with E-state index in [2.05, 4.69) is 36.2 Å². The molecule has 0 radical (unpaired) electrons. The molecule has 57 heavy (non-hydrogen) atoms. The molecule has 8 rings (SSSR count). The first-order chi connectivity index (χ1) is 27.2. The summed E-state index contributed by atoms with van der Waals surface area (Å²) in [5, 5.41) is 32.0. The molecule has 3 aliphatic rings. The lowest BCUT2D eigenvalue weighted by Gasteiger charge is -2.51. The van der Waals surface area contributed by atoms with Gasteiger partial charge in [0.05, 0.1) is 31.4 Å². The third-order valence-corrected chi connectivity index (χ3v) is 12.0.